The molecule has 144 valence electrons. The first-order chi connectivity index (χ1) is 12.9. The van der Waals surface area contributed by atoms with Crippen LogP contribution >= 0.6 is 11.8 Å². The molecule has 4 nitrogen and oxygen atoms in total. The van der Waals surface area contributed by atoms with Crippen LogP contribution in [0.3, 0.4) is 0 Å². The van der Waals surface area contributed by atoms with Gasteiger partial charge in [0.25, 0.3) is 0 Å². The highest BCUT2D eigenvalue weighted by Gasteiger charge is 2.26. The highest BCUT2D eigenvalue weighted by molar-refractivity contribution is 7.99. The van der Waals surface area contributed by atoms with Crippen LogP contribution < -0.4 is 4.74 Å². The molecular weight excluding hydrogens is 358 g/mol. The molecule has 0 bridgehead atoms. The van der Waals surface area contributed by atoms with E-state index in [9.17, 15) is 4.79 Å². The molecule has 2 aromatic rings. The smallest absolute Gasteiger partial charge is 0.410 e. The normalized spacial score (nSPS) is 17.9. The van der Waals surface area contributed by atoms with Crippen molar-refractivity contribution in [1.29, 1.82) is 0 Å². The number of ether oxygens (including phenoxy) is 2. The summed E-state index contributed by atoms with van der Waals surface area (Å²) in [4.78, 5) is 14.1. The van der Waals surface area contributed by atoms with Gasteiger partial charge in [0.2, 0.25) is 0 Å². The number of amides is 1. The molecule has 0 N–H and O–H groups in total. The maximum absolute atomic E-state index is 12.3. The summed E-state index contributed by atoms with van der Waals surface area (Å²) in [6.45, 7) is 7.15. The Morgan fingerprint density at radius 3 is 2.33 bits per heavy atom. The Morgan fingerprint density at radius 1 is 1.00 bits per heavy atom. The summed E-state index contributed by atoms with van der Waals surface area (Å²) in [6.07, 6.45) is 0.707. The molecule has 0 radical (unpaired) electrons. The molecule has 1 unspecified atom stereocenters. The van der Waals surface area contributed by atoms with Crippen LogP contribution in [0.15, 0.2) is 54.6 Å². The minimum atomic E-state index is -0.454. The van der Waals surface area contributed by atoms with E-state index in [0.29, 0.717) is 5.25 Å². The Morgan fingerprint density at radius 2 is 1.67 bits per heavy atom. The first-order valence-electron chi connectivity index (χ1n) is 9.33. The van der Waals surface area contributed by atoms with Gasteiger partial charge in [0.15, 0.2) is 0 Å². The number of nitrogens with zero attached hydrogens (tertiary/aromatic N) is 1. The number of carbonyl (C=O) groups is 1. The van der Waals surface area contributed by atoms with Gasteiger partial charge in [-0.05, 0) is 57.0 Å². The summed E-state index contributed by atoms with van der Waals surface area (Å²) in [5.74, 6) is 2.58. The lowest BCUT2D eigenvalue weighted by atomic mass is 10.1. The topological polar surface area (TPSA) is 38.8 Å². The number of benzene rings is 2. The van der Waals surface area contributed by atoms with Crippen LogP contribution in [0.2, 0.25) is 0 Å². The molecule has 1 saturated heterocycles. The SMILES string of the molecule is CC(C)(C)OC(=O)N1CCSC(c2ccc(Oc3ccccc3)cc2)CC1. The second-order valence-corrected chi connectivity index (χ2v) is 8.91. The fourth-order valence-corrected chi connectivity index (χ4v) is 4.15. The minimum Gasteiger partial charge on any atom is -0.457 e. The third kappa shape index (κ3) is 5.93. The molecule has 1 aliphatic heterocycles. The number of hydrogen-bond donors (Lipinski definition) is 0. The summed E-state index contributed by atoms with van der Waals surface area (Å²) in [5, 5.41) is 0.378. The van der Waals surface area contributed by atoms with Gasteiger partial charge in [0, 0.05) is 24.1 Å². The van der Waals surface area contributed by atoms with E-state index >= 15 is 0 Å². The molecule has 27 heavy (non-hydrogen) atoms. The van der Waals surface area contributed by atoms with Crippen LogP contribution in [0, 0.1) is 0 Å². The first-order valence-corrected chi connectivity index (χ1v) is 10.4. The van der Waals surface area contributed by atoms with Crippen molar-refractivity contribution >= 4 is 17.9 Å². The molecule has 2 aromatic carbocycles. The van der Waals surface area contributed by atoms with Gasteiger partial charge in [-0.3, -0.25) is 0 Å². The molecule has 0 saturated carbocycles. The minimum absolute atomic E-state index is 0.213. The zero-order valence-electron chi connectivity index (χ0n) is 16.2. The first kappa shape index (κ1) is 19.6. The molecule has 3 rings (SSSR count). The maximum atomic E-state index is 12.3. The van der Waals surface area contributed by atoms with Gasteiger partial charge in [-0.15, -0.1) is 0 Å². The Kier molecular flexibility index (Phi) is 6.32. The molecule has 0 aromatic heterocycles. The molecule has 1 aliphatic rings. The number of hydrogen-bond acceptors (Lipinski definition) is 4. The lowest BCUT2D eigenvalue weighted by molar-refractivity contribution is 0.0263. The average molecular weight is 386 g/mol. The molecule has 1 atom stereocenters. The van der Waals surface area contributed by atoms with Crippen molar-refractivity contribution in [1.82, 2.24) is 4.90 Å². The molecule has 0 aliphatic carbocycles. The van der Waals surface area contributed by atoms with Gasteiger partial charge >= 0.3 is 6.09 Å². The largest absolute Gasteiger partial charge is 0.457 e. The standard InChI is InChI=1S/C22H27NO3S/c1-22(2,3)26-21(24)23-14-13-20(27-16-15-23)17-9-11-19(12-10-17)25-18-7-5-4-6-8-18/h4-12,20H,13-16H2,1-3H3. The lowest BCUT2D eigenvalue weighted by Crippen LogP contribution is -2.38. The van der Waals surface area contributed by atoms with Crippen LogP contribution in [-0.2, 0) is 4.74 Å². The van der Waals surface area contributed by atoms with E-state index in [2.05, 4.69) is 12.1 Å². The zero-order valence-corrected chi connectivity index (χ0v) is 17.0. The van der Waals surface area contributed by atoms with Crippen LogP contribution in [0.1, 0.15) is 38.0 Å². The van der Waals surface area contributed by atoms with E-state index in [1.165, 1.54) is 5.56 Å². The van der Waals surface area contributed by atoms with Crippen LogP contribution in [0.25, 0.3) is 0 Å². The number of thioether (sulfide) groups is 1. The summed E-state index contributed by atoms with van der Waals surface area (Å²) in [5.41, 5.74) is 0.816. The predicted molar refractivity (Wildman–Crippen MR) is 111 cm³/mol. The summed E-state index contributed by atoms with van der Waals surface area (Å²) >= 11 is 1.90. The molecule has 1 fully saturated rings. The van der Waals surface area contributed by atoms with Crippen molar-refractivity contribution in [2.45, 2.75) is 38.0 Å². The molecule has 1 amide bonds. The van der Waals surface area contributed by atoms with Gasteiger partial charge in [-0.25, -0.2) is 4.79 Å². The number of rotatable bonds is 3. The molecule has 1 heterocycles. The van der Waals surface area contributed by atoms with Crippen molar-refractivity contribution in [3.05, 3.63) is 60.2 Å². The van der Waals surface area contributed by atoms with Gasteiger partial charge < -0.3 is 14.4 Å². The van der Waals surface area contributed by atoms with E-state index in [1.54, 1.807) is 0 Å². The van der Waals surface area contributed by atoms with Crippen molar-refractivity contribution in [2.75, 3.05) is 18.8 Å². The highest BCUT2D eigenvalue weighted by Crippen LogP contribution is 2.35. The molecular formula is C22H27NO3S. The Labute approximate surface area is 165 Å². The average Bonchev–Trinajstić information content (AvgIpc) is 2.88. The van der Waals surface area contributed by atoms with E-state index in [4.69, 9.17) is 9.47 Å². The second-order valence-electron chi connectivity index (χ2n) is 7.60. The Hall–Kier alpha value is -2.14. The van der Waals surface area contributed by atoms with Crippen molar-refractivity contribution in [2.24, 2.45) is 0 Å². The van der Waals surface area contributed by atoms with Crippen molar-refractivity contribution < 1.29 is 14.3 Å². The second kappa shape index (κ2) is 8.70. The molecule has 5 heteroatoms. The Balaban J connectivity index is 1.58. The van der Waals surface area contributed by atoms with Crippen LogP contribution in [0.4, 0.5) is 4.79 Å². The fraction of sp³-hybridized carbons (Fsp3) is 0.409. The van der Waals surface area contributed by atoms with Crippen molar-refractivity contribution in [3.8, 4) is 11.5 Å². The zero-order chi connectivity index (χ0) is 19.3. The quantitative estimate of drug-likeness (QED) is 0.660. The fourth-order valence-electron chi connectivity index (χ4n) is 2.92. The number of para-hydroxylation sites is 1. The number of carbonyl (C=O) groups excluding carboxylic acids is 1. The van der Waals surface area contributed by atoms with E-state index in [0.717, 1.165) is 36.8 Å². The highest BCUT2D eigenvalue weighted by atomic mass is 32.2. The third-order valence-electron chi connectivity index (χ3n) is 4.22. The summed E-state index contributed by atoms with van der Waals surface area (Å²) in [6, 6.07) is 18.1. The van der Waals surface area contributed by atoms with Gasteiger partial charge in [0.05, 0.1) is 0 Å². The monoisotopic (exact) mass is 385 g/mol. The summed E-state index contributed by atoms with van der Waals surface area (Å²) in [7, 11) is 0. The maximum Gasteiger partial charge on any atom is 0.410 e. The third-order valence-corrected chi connectivity index (χ3v) is 5.55. The van der Waals surface area contributed by atoms with Crippen molar-refractivity contribution in [3.63, 3.8) is 0 Å². The van der Waals surface area contributed by atoms with Gasteiger partial charge in [-0.1, -0.05) is 30.3 Å². The van der Waals surface area contributed by atoms with Gasteiger partial charge in [0.1, 0.15) is 17.1 Å². The van der Waals surface area contributed by atoms with Gasteiger partial charge in [-0.2, -0.15) is 11.8 Å². The Bertz CT molecular complexity index is 740. The van der Waals surface area contributed by atoms with E-state index in [1.807, 2.05) is 79.9 Å². The molecule has 0 spiro atoms. The van der Waals surface area contributed by atoms with Crippen LogP contribution in [0.5, 0.6) is 11.5 Å². The predicted octanol–water partition coefficient (Wildman–Crippen LogP) is 5.89. The van der Waals surface area contributed by atoms with E-state index < -0.39 is 5.60 Å². The lowest BCUT2D eigenvalue weighted by Gasteiger charge is -2.26. The van der Waals surface area contributed by atoms with Crippen LogP contribution in [-0.4, -0.2) is 35.4 Å². The summed E-state index contributed by atoms with van der Waals surface area (Å²) < 4.78 is 11.4. The van der Waals surface area contributed by atoms with E-state index in [-0.39, 0.29) is 6.09 Å².